The molecule has 0 saturated carbocycles. The van der Waals surface area contributed by atoms with E-state index in [1.165, 1.54) is 0 Å². The number of carbonyl (C=O) groups excluding carboxylic acids is 1. The first kappa shape index (κ1) is 16.9. The molecule has 0 aliphatic carbocycles. The van der Waals surface area contributed by atoms with Crippen molar-refractivity contribution >= 4 is 17.2 Å². The van der Waals surface area contributed by atoms with Crippen LogP contribution >= 0.6 is 11.3 Å². The summed E-state index contributed by atoms with van der Waals surface area (Å²) in [5.41, 5.74) is -0.317. The molecule has 2 aliphatic rings. The molecule has 128 valence electrons. The van der Waals surface area contributed by atoms with Crippen LogP contribution in [0.2, 0.25) is 0 Å². The number of ether oxygens (including phenoxy) is 2. The van der Waals surface area contributed by atoms with Crippen LogP contribution in [0.5, 0.6) is 0 Å². The fourth-order valence-electron chi connectivity index (χ4n) is 3.45. The Kier molecular flexibility index (Phi) is 5.36. The van der Waals surface area contributed by atoms with Crippen LogP contribution < -0.4 is 0 Å². The fraction of sp³-hybridized carbons (Fsp3) is 0.706. The second-order valence-electron chi connectivity index (χ2n) is 6.85. The molecule has 5 nitrogen and oxygen atoms in total. The predicted molar refractivity (Wildman–Crippen MR) is 90.8 cm³/mol. The van der Waals surface area contributed by atoms with Gasteiger partial charge in [-0.3, -0.25) is 4.79 Å². The molecule has 1 amide bonds. The van der Waals surface area contributed by atoms with Gasteiger partial charge >= 0.3 is 0 Å². The van der Waals surface area contributed by atoms with E-state index in [1.807, 2.05) is 22.4 Å². The van der Waals surface area contributed by atoms with Gasteiger partial charge in [-0.2, -0.15) is 0 Å². The maximum absolute atomic E-state index is 12.6. The van der Waals surface area contributed by atoms with Crippen LogP contribution in [-0.2, 0) is 20.7 Å². The van der Waals surface area contributed by atoms with E-state index in [-0.39, 0.29) is 17.6 Å². The monoisotopic (exact) mass is 338 g/mol. The molecule has 0 N–H and O–H groups in total. The van der Waals surface area contributed by atoms with Crippen LogP contribution in [0.3, 0.4) is 0 Å². The quantitative estimate of drug-likeness (QED) is 0.837. The number of amides is 1. The molecule has 2 aliphatic heterocycles. The fourth-order valence-corrected chi connectivity index (χ4v) is 4.14. The molecule has 2 atom stereocenters. The van der Waals surface area contributed by atoms with E-state index in [2.05, 4.69) is 19.0 Å². The van der Waals surface area contributed by atoms with Crippen molar-refractivity contribution < 1.29 is 14.3 Å². The molecular weight excluding hydrogens is 312 g/mol. The molecule has 0 aromatic carbocycles. The molecule has 6 heteroatoms. The van der Waals surface area contributed by atoms with Gasteiger partial charge in [0.2, 0.25) is 5.91 Å². The van der Waals surface area contributed by atoms with Gasteiger partial charge in [-0.15, -0.1) is 11.3 Å². The number of hydrogen-bond donors (Lipinski definition) is 0. The minimum atomic E-state index is -0.317. The maximum atomic E-state index is 12.6. The molecule has 23 heavy (non-hydrogen) atoms. The SMILES string of the molecule is CN(C)C[C@H]1CC[C@]2(COCCN(C(=O)Cc3cccs3)C2)O1. The zero-order chi connectivity index (χ0) is 16.3. The normalized spacial score (nSPS) is 28.5. The van der Waals surface area contributed by atoms with Crippen molar-refractivity contribution in [3.05, 3.63) is 22.4 Å². The lowest BCUT2D eigenvalue weighted by Crippen LogP contribution is -2.47. The van der Waals surface area contributed by atoms with Crippen molar-refractivity contribution in [3.63, 3.8) is 0 Å². The lowest BCUT2D eigenvalue weighted by atomic mass is 10.00. The maximum Gasteiger partial charge on any atom is 0.228 e. The number of thiophene rings is 1. The van der Waals surface area contributed by atoms with E-state index in [9.17, 15) is 4.79 Å². The van der Waals surface area contributed by atoms with Gasteiger partial charge in [-0.1, -0.05) is 6.07 Å². The van der Waals surface area contributed by atoms with Gasteiger partial charge in [-0.05, 0) is 38.4 Å². The zero-order valence-corrected chi connectivity index (χ0v) is 14.8. The van der Waals surface area contributed by atoms with Crippen molar-refractivity contribution in [3.8, 4) is 0 Å². The Labute approximate surface area is 142 Å². The second-order valence-corrected chi connectivity index (χ2v) is 7.88. The molecule has 0 unspecified atom stereocenters. The summed E-state index contributed by atoms with van der Waals surface area (Å²) in [4.78, 5) is 17.8. The molecular formula is C17H26N2O3S. The van der Waals surface area contributed by atoms with Crippen molar-refractivity contribution in [1.82, 2.24) is 9.80 Å². The summed E-state index contributed by atoms with van der Waals surface area (Å²) in [6.07, 6.45) is 2.72. The van der Waals surface area contributed by atoms with E-state index in [0.717, 1.165) is 24.3 Å². The standard InChI is InChI=1S/C17H26N2O3S/c1-18(2)11-14-5-6-17(22-14)12-19(7-8-21-13-17)16(20)10-15-4-3-9-23-15/h3-4,9,14H,5-8,10-13H2,1-2H3/t14-,17+/m1/s1. The Morgan fingerprint density at radius 2 is 2.39 bits per heavy atom. The summed E-state index contributed by atoms with van der Waals surface area (Å²) in [5.74, 6) is 0.178. The topological polar surface area (TPSA) is 42.0 Å². The minimum Gasteiger partial charge on any atom is -0.377 e. The minimum absolute atomic E-state index is 0.178. The molecule has 1 aromatic rings. The Morgan fingerprint density at radius 1 is 1.52 bits per heavy atom. The van der Waals surface area contributed by atoms with E-state index in [0.29, 0.717) is 32.7 Å². The van der Waals surface area contributed by atoms with Crippen LogP contribution in [0.1, 0.15) is 17.7 Å². The highest BCUT2D eigenvalue weighted by Gasteiger charge is 2.43. The molecule has 2 fully saturated rings. The smallest absolute Gasteiger partial charge is 0.228 e. The average Bonchev–Trinajstić information content (AvgIpc) is 3.07. The summed E-state index contributed by atoms with van der Waals surface area (Å²) in [7, 11) is 4.13. The Balaban J connectivity index is 1.63. The van der Waals surface area contributed by atoms with Crippen molar-refractivity contribution in [2.45, 2.75) is 31.0 Å². The van der Waals surface area contributed by atoms with Crippen molar-refractivity contribution in [2.75, 3.05) is 46.9 Å². The summed E-state index contributed by atoms with van der Waals surface area (Å²) < 4.78 is 12.1. The highest BCUT2D eigenvalue weighted by Crippen LogP contribution is 2.33. The molecule has 3 rings (SSSR count). The Morgan fingerprint density at radius 3 is 3.13 bits per heavy atom. The van der Waals surface area contributed by atoms with Crippen LogP contribution in [0, 0.1) is 0 Å². The van der Waals surface area contributed by atoms with Crippen LogP contribution in [-0.4, -0.2) is 74.4 Å². The number of rotatable bonds is 4. The number of carbonyl (C=O) groups is 1. The van der Waals surface area contributed by atoms with Gasteiger partial charge in [0, 0.05) is 18.0 Å². The van der Waals surface area contributed by atoms with Crippen LogP contribution in [0.15, 0.2) is 17.5 Å². The van der Waals surface area contributed by atoms with Gasteiger partial charge in [0.15, 0.2) is 0 Å². The van der Waals surface area contributed by atoms with E-state index < -0.39 is 0 Å². The van der Waals surface area contributed by atoms with E-state index >= 15 is 0 Å². The molecule has 0 bridgehead atoms. The molecule has 1 spiro atoms. The molecule has 2 saturated heterocycles. The van der Waals surface area contributed by atoms with E-state index in [4.69, 9.17) is 9.47 Å². The number of nitrogens with zero attached hydrogens (tertiary/aromatic N) is 2. The highest BCUT2D eigenvalue weighted by atomic mass is 32.1. The van der Waals surface area contributed by atoms with Gasteiger partial charge in [0.1, 0.15) is 5.60 Å². The molecule has 3 heterocycles. The third kappa shape index (κ3) is 4.32. The van der Waals surface area contributed by atoms with Gasteiger partial charge < -0.3 is 19.3 Å². The largest absolute Gasteiger partial charge is 0.377 e. The van der Waals surface area contributed by atoms with Gasteiger partial charge in [-0.25, -0.2) is 0 Å². The average molecular weight is 338 g/mol. The third-order valence-electron chi connectivity index (χ3n) is 4.52. The van der Waals surface area contributed by atoms with Gasteiger partial charge in [0.05, 0.1) is 32.3 Å². The third-order valence-corrected chi connectivity index (χ3v) is 5.39. The Bertz CT molecular complexity index is 520. The lowest BCUT2D eigenvalue weighted by Gasteiger charge is -2.32. The second kappa shape index (κ2) is 7.30. The van der Waals surface area contributed by atoms with Crippen molar-refractivity contribution in [1.29, 1.82) is 0 Å². The Hall–Kier alpha value is -0.950. The number of likely N-dealkylation sites (N-methyl/N-ethyl adjacent to an activating group) is 1. The first-order valence-electron chi connectivity index (χ1n) is 8.27. The van der Waals surface area contributed by atoms with Crippen LogP contribution in [0.4, 0.5) is 0 Å². The first-order valence-corrected chi connectivity index (χ1v) is 9.15. The van der Waals surface area contributed by atoms with E-state index in [1.54, 1.807) is 11.3 Å². The first-order chi connectivity index (χ1) is 11.1. The summed E-state index contributed by atoms with van der Waals surface area (Å²) in [6.45, 7) is 3.43. The van der Waals surface area contributed by atoms with Crippen molar-refractivity contribution in [2.24, 2.45) is 0 Å². The van der Waals surface area contributed by atoms with Crippen LogP contribution in [0.25, 0.3) is 0 Å². The number of hydrogen-bond acceptors (Lipinski definition) is 5. The highest BCUT2D eigenvalue weighted by molar-refractivity contribution is 7.10. The molecule has 0 radical (unpaired) electrons. The summed E-state index contributed by atoms with van der Waals surface area (Å²) in [6, 6.07) is 4.01. The molecule has 1 aromatic heterocycles. The van der Waals surface area contributed by atoms with Gasteiger partial charge in [0.25, 0.3) is 0 Å². The summed E-state index contributed by atoms with van der Waals surface area (Å²) in [5, 5.41) is 2.02. The lowest BCUT2D eigenvalue weighted by molar-refractivity contribution is -0.135. The summed E-state index contributed by atoms with van der Waals surface area (Å²) >= 11 is 1.64. The predicted octanol–water partition coefficient (Wildman–Crippen LogP) is 1.63. The zero-order valence-electron chi connectivity index (χ0n) is 14.0.